The molecule has 0 radical (unpaired) electrons. The molecule has 7 nitrogen and oxygen atoms in total. The molecule has 4 rings (SSSR count). The van der Waals surface area contributed by atoms with Gasteiger partial charge >= 0.3 is 5.97 Å². The summed E-state index contributed by atoms with van der Waals surface area (Å²) in [6, 6.07) is 6.60. The summed E-state index contributed by atoms with van der Waals surface area (Å²) in [5.41, 5.74) is 2.28. The van der Waals surface area contributed by atoms with Gasteiger partial charge in [-0.3, -0.25) is 9.36 Å². The third-order valence-electron chi connectivity index (χ3n) is 5.08. The third kappa shape index (κ3) is 3.89. The predicted octanol–water partition coefficient (Wildman–Crippen LogP) is 2.88. The number of fused-ring (bicyclic) bond motifs is 1. The minimum absolute atomic E-state index is 0.214. The van der Waals surface area contributed by atoms with Gasteiger partial charge in [0.15, 0.2) is 16.3 Å². The van der Waals surface area contributed by atoms with Crippen molar-refractivity contribution in [3.05, 3.63) is 77.1 Å². The van der Waals surface area contributed by atoms with Crippen LogP contribution in [-0.2, 0) is 9.53 Å². The van der Waals surface area contributed by atoms with E-state index in [1.54, 1.807) is 56.1 Å². The Balaban J connectivity index is 1.98. The Kier molecular flexibility index (Phi) is 6.29. The molecule has 1 aromatic carbocycles. The van der Waals surface area contributed by atoms with E-state index >= 15 is 0 Å². The van der Waals surface area contributed by atoms with Gasteiger partial charge in [0.25, 0.3) is 5.56 Å². The molecule has 0 spiro atoms. The van der Waals surface area contributed by atoms with Gasteiger partial charge in [-0.25, -0.2) is 9.79 Å². The van der Waals surface area contributed by atoms with Crippen LogP contribution in [0.3, 0.4) is 0 Å². The third-order valence-corrected chi connectivity index (χ3v) is 6.77. The van der Waals surface area contributed by atoms with Crippen molar-refractivity contribution < 1.29 is 19.0 Å². The number of aromatic nitrogens is 1. The zero-order valence-corrected chi connectivity index (χ0v) is 19.7. The molecule has 32 heavy (non-hydrogen) atoms. The van der Waals surface area contributed by atoms with Gasteiger partial charge in [0, 0.05) is 0 Å². The standard InChI is InChI=1S/C23H22N2O5S2/c1-5-30-22(27)19-13(2)24-23-25(21(26)18(32-23)10-14-8-9-31-12-14)20(19)15-6-7-16(28-3)17(11-15)29-4/h6-12,20H,5H2,1-4H3/b18-10+/t20-/m0/s1. The van der Waals surface area contributed by atoms with Crippen molar-refractivity contribution in [2.24, 2.45) is 4.99 Å². The summed E-state index contributed by atoms with van der Waals surface area (Å²) in [5.74, 6) is 0.559. The summed E-state index contributed by atoms with van der Waals surface area (Å²) < 4.78 is 18.2. The van der Waals surface area contributed by atoms with Gasteiger partial charge in [0.2, 0.25) is 0 Å². The molecule has 2 aromatic heterocycles. The first-order chi connectivity index (χ1) is 15.5. The number of thiophene rings is 1. The van der Waals surface area contributed by atoms with E-state index < -0.39 is 12.0 Å². The molecule has 166 valence electrons. The van der Waals surface area contributed by atoms with E-state index in [2.05, 4.69) is 4.99 Å². The molecular formula is C23H22N2O5S2. The monoisotopic (exact) mass is 470 g/mol. The lowest BCUT2D eigenvalue weighted by atomic mass is 9.95. The number of benzene rings is 1. The average molecular weight is 471 g/mol. The van der Waals surface area contributed by atoms with Crippen molar-refractivity contribution in [1.29, 1.82) is 0 Å². The van der Waals surface area contributed by atoms with Crippen LogP contribution in [0.1, 0.15) is 31.0 Å². The number of methoxy groups -OCH3 is 2. The molecule has 0 aliphatic carbocycles. The van der Waals surface area contributed by atoms with Gasteiger partial charge in [-0.2, -0.15) is 11.3 Å². The smallest absolute Gasteiger partial charge is 0.338 e. The molecule has 9 heteroatoms. The number of esters is 1. The van der Waals surface area contributed by atoms with Gasteiger partial charge in [-0.05, 0) is 60.0 Å². The van der Waals surface area contributed by atoms with Gasteiger partial charge in [-0.15, -0.1) is 0 Å². The lowest BCUT2D eigenvalue weighted by Gasteiger charge is -2.25. The van der Waals surface area contributed by atoms with Crippen LogP contribution < -0.4 is 24.4 Å². The highest BCUT2D eigenvalue weighted by Crippen LogP contribution is 2.36. The van der Waals surface area contributed by atoms with E-state index in [1.807, 2.05) is 29.0 Å². The molecule has 0 unspecified atom stereocenters. The number of nitrogens with zero attached hydrogens (tertiary/aromatic N) is 2. The number of rotatable bonds is 6. The van der Waals surface area contributed by atoms with Crippen molar-refractivity contribution in [2.75, 3.05) is 20.8 Å². The average Bonchev–Trinajstić information content (AvgIpc) is 3.40. The maximum atomic E-state index is 13.5. The molecule has 3 aromatic rings. The summed E-state index contributed by atoms with van der Waals surface area (Å²) >= 11 is 2.86. The van der Waals surface area contributed by atoms with Crippen LogP contribution in [0.15, 0.2) is 56.1 Å². The number of carbonyl (C=O) groups is 1. The Labute approximate surface area is 192 Å². The summed E-state index contributed by atoms with van der Waals surface area (Å²) in [5, 5.41) is 3.93. The Morgan fingerprint density at radius 3 is 2.66 bits per heavy atom. The van der Waals surface area contributed by atoms with E-state index in [1.165, 1.54) is 11.3 Å². The second-order valence-corrected chi connectivity index (χ2v) is 8.76. The van der Waals surface area contributed by atoms with E-state index in [4.69, 9.17) is 14.2 Å². The summed E-state index contributed by atoms with van der Waals surface area (Å²) in [7, 11) is 3.10. The zero-order valence-electron chi connectivity index (χ0n) is 18.1. The zero-order chi connectivity index (χ0) is 22.8. The van der Waals surface area contributed by atoms with Crippen LogP contribution in [0.4, 0.5) is 0 Å². The number of hydrogen-bond acceptors (Lipinski definition) is 8. The van der Waals surface area contributed by atoms with Gasteiger partial charge in [0.1, 0.15) is 0 Å². The first-order valence-electron chi connectivity index (χ1n) is 9.92. The molecule has 3 heterocycles. The van der Waals surface area contributed by atoms with E-state index in [0.717, 1.165) is 5.56 Å². The predicted molar refractivity (Wildman–Crippen MR) is 124 cm³/mol. The van der Waals surface area contributed by atoms with Crippen molar-refractivity contribution in [3.8, 4) is 11.5 Å². The van der Waals surface area contributed by atoms with Crippen LogP contribution in [-0.4, -0.2) is 31.4 Å². The Morgan fingerprint density at radius 1 is 1.22 bits per heavy atom. The normalized spacial score (nSPS) is 15.9. The molecule has 0 fully saturated rings. The van der Waals surface area contributed by atoms with Crippen LogP contribution in [0, 0.1) is 0 Å². The molecule has 1 atom stereocenters. The summed E-state index contributed by atoms with van der Waals surface area (Å²) in [4.78, 5) is 31.5. The van der Waals surface area contributed by atoms with Crippen molar-refractivity contribution in [3.63, 3.8) is 0 Å². The fraction of sp³-hybridized carbons (Fsp3) is 0.261. The lowest BCUT2D eigenvalue weighted by molar-refractivity contribution is -0.139. The topological polar surface area (TPSA) is 79.1 Å². The second-order valence-electron chi connectivity index (χ2n) is 6.97. The molecular weight excluding hydrogens is 448 g/mol. The van der Waals surface area contributed by atoms with Crippen molar-refractivity contribution in [2.45, 2.75) is 19.9 Å². The van der Waals surface area contributed by atoms with Crippen LogP contribution in [0.25, 0.3) is 6.08 Å². The fourth-order valence-corrected chi connectivity index (χ4v) is 5.30. The van der Waals surface area contributed by atoms with Crippen LogP contribution in [0.5, 0.6) is 11.5 Å². The fourth-order valence-electron chi connectivity index (χ4n) is 3.64. The van der Waals surface area contributed by atoms with Crippen LogP contribution >= 0.6 is 22.7 Å². The Morgan fingerprint density at radius 2 is 2.00 bits per heavy atom. The van der Waals surface area contributed by atoms with Crippen molar-refractivity contribution >= 4 is 34.7 Å². The second kappa shape index (κ2) is 9.13. The molecule has 1 aliphatic heterocycles. The highest BCUT2D eigenvalue weighted by molar-refractivity contribution is 7.08. The number of thiazole rings is 1. The summed E-state index contributed by atoms with van der Waals surface area (Å²) in [6.45, 7) is 3.72. The molecule has 0 amide bonds. The SMILES string of the molecule is CCOC(=O)C1=C(C)N=c2s/c(=C/c3ccsc3)c(=O)n2[C@H]1c1ccc(OC)c(OC)c1. The maximum absolute atomic E-state index is 13.5. The minimum atomic E-state index is -0.699. The first-order valence-corrected chi connectivity index (χ1v) is 11.7. The highest BCUT2D eigenvalue weighted by Gasteiger charge is 2.33. The molecule has 1 aliphatic rings. The minimum Gasteiger partial charge on any atom is -0.493 e. The van der Waals surface area contributed by atoms with Crippen molar-refractivity contribution in [1.82, 2.24) is 4.57 Å². The summed E-state index contributed by atoms with van der Waals surface area (Å²) in [6.07, 6.45) is 1.84. The molecule has 0 bridgehead atoms. The first kappa shape index (κ1) is 22.0. The quantitative estimate of drug-likeness (QED) is 0.518. The van der Waals surface area contributed by atoms with E-state index in [9.17, 15) is 9.59 Å². The number of carbonyl (C=O) groups excluding carboxylic acids is 1. The van der Waals surface area contributed by atoms with Gasteiger partial charge in [0.05, 0.1) is 42.7 Å². The molecule has 0 saturated heterocycles. The van der Waals surface area contributed by atoms with Gasteiger partial charge < -0.3 is 14.2 Å². The number of allylic oxidation sites excluding steroid dienone is 1. The van der Waals surface area contributed by atoms with Gasteiger partial charge in [-0.1, -0.05) is 17.4 Å². The number of ether oxygens (including phenoxy) is 3. The largest absolute Gasteiger partial charge is 0.493 e. The maximum Gasteiger partial charge on any atom is 0.338 e. The Hall–Kier alpha value is -3.17. The van der Waals surface area contributed by atoms with E-state index in [-0.39, 0.29) is 12.2 Å². The number of hydrogen-bond donors (Lipinski definition) is 0. The van der Waals surface area contributed by atoms with Crippen LogP contribution in [0.2, 0.25) is 0 Å². The molecule has 0 N–H and O–H groups in total. The highest BCUT2D eigenvalue weighted by atomic mass is 32.1. The lowest BCUT2D eigenvalue weighted by Crippen LogP contribution is -2.39. The molecule has 0 saturated carbocycles. The Bertz CT molecular complexity index is 1370. The van der Waals surface area contributed by atoms with E-state index in [0.29, 0.717) is 37.7 Å².